The van der Waals surface area contributed by atoms with E-state index in [9.17, 15) is 9.90 Å². The number of aliphatic hydroxyl groups excluding tert-OH is 1. The van der Waals surface area contributed by atoms with Gasteiger partial charge in [0.15, 0.2) is 5.82 Å². The normalized spacial score (nSPS) is 21.9. The smallest absolute Gasteiger partial charge is 0.268 e. The molecule has 1 fully saturated rings. The van der Waals surface area contributed by atoms with Crippen LogP contribution in [0.1, 0.15) is 6.42 Å². The zero-order valence-electron chi connectivity index (χ0n) is 11.4. The van der Waals surface area contributed by atoms with Crippen molar-refractivity contribution in [1.29, 1.82) is 0 Å². The second-order valence-electron chi connectivity index (χ2n) is 4.95. The number of nitrogens with zero attached hydrogens (tertiary/aromatic N) is 3. The Bertz CT molecular complexity index is 508. The third-order valence-electron chi connectivity index (χ3n) is 3.35. The maximum Gasteiger partial charge on any atom is 0.268 e. The second-order valence-corrected chi connectivity index (χ2v) is 4.95. The minimum absolute atomic E-state index is 0.432. The van der Waals surface area contributed by atoms with Crippen molar-refractivity contribution in [3.8, 4) is 0 Å². The first-order valence-electron chi connectivity index (χ1n) is 6.28. The number of rotatable bonds is 3. The van der Waals surface area contributed by atoms with Crippen LogP contribution < -0.4 is 21.0 Å². The lowest BCUT2D eigenvalue weighted by atomic mass is 10.1. The van der Waals surface area contributed by atoms with Crippen LogP contribution in [0.25, 0.3) is 0 Å². The summed E-state index contributed by atoms with van der Waals surface area (Å²) in [4.78, 5) is 19.5. The number of carbonyl (C=O) groups excluding carboxylic acids is 1. The molecule has 5 N–H and O–H groups in total. The number of aliphatic hydroxyl groups is 1. The maximum atomic E-state index is 11.7. The number of amides is 1. The van der Waals surface area contributed by atoms with E-state index in [0.717, 1.165) is 0 Å². The first-order chi connectivity index (χ1) is 9.45. The minimum Gasteiger partial charge on any atom is -0.396 e. The molecular formula is C12H19N5O3. The van der Waals surface area contributed by atoms with Crippen molar-refractivity contribution < 1.29 is 15.1 Å². The molecule has 1 aliphatic heterocycles. The predicted molar refractivity (Wildman–Crippen MR) is 74.7 cm³/mol. The van der Waals surface area contributed by atoms with Gasteiger partial charge in [0.05, 0.1) is 11.8 Å². The van der Waals surface area contributed by atoms with Crippen LogP contribution in [0.2, 0.25) is 0 Å². The van der Waals surface area contributed by atoms with Gasteiger partial charge in [-0.25, -0.2) is 10.5 Å². The highest BCUT2D eigenvalue weighted by Gasteiger charge is 2.39. The first kappa shape index (κ1) is 14.4. The molecule has 1 amide bonds. The third kappa shape index (κ3) is 2.47. The molecule has 0 radical (unpaired) electrons. The van der Waals surface area contributed by atoms with E-state index in [4.69, 9.17) is 10.9 Å². The zero-order chi connectivity index (χ0) is 14.9. The lowest BCUT2D eigenvalue weighted by molar-refractivity contribution is -0.132. The number of nitrogens with one attached hydrogen (secondary N) is 1. The number of anilines is 3. The summed E-state index contributed by atoms with van der Waals surface area (Å²) >= 11 is 0. The van der Waals surface area contributed by atoms with Gasteiger partial charge in [-0.3, -0.25) is 10.0 Å². The lowest BCUT2D eigenvalue weighted by Gasteiger charge is -2.26. The molecule has 2 rings (SSSR count). The molecule has 1 aromatic rings. The fourth-order valence-corrected chi connectivity index (χ4v) is 2.38. The monoisotopic (exact) mass is 281 g/mol. The predicted octanol–water partition coefficient (Wildman–Crippen LogP) is -0.825. The van der Waals surface area contributed by atoms with E-state index >= 15 is 0 Å². The number of aromatic nitrogens is 1. The summed E-state index contributed by atoms with van der Waals surface area (Å²) in [6, 6.07) is 2.54. The van der Waals surface area contributed by atoms with Gasteiger partial charge in [0.2, 0.25) is 0 Å². The summed E-state index contributed by atoms with van der Waals surface area (Å²) in [5.41, 5.74) is 7.96. The molecule has 2 unspecified atom stereocenters. The third-order valence-corrected chi connectivity index (χ3v) is 3.35. The average Bonchev–Trinajstić information content (AvgIpc) is 2.80. The van der Waals surface area contributed by atoms with Crippen LogP contribution in [-0.4, -0.2) is 54.0 Å². The van der Waals surface area contributed by atoms with Crippen molar-refractivity contribution >= 4 is 23.2 Å². The van der Waals surface area contributed by atoms with Crippen LogP contribution in [0.15, 0.2) is 12.1 Å². The molecule has 0 aliphatic carbocycles. The number of carbonyl (C=O) groups is 1. The second kappa shape index (κ2) is 5.51. The molecule has 8 nitrogen and oxygen atoms in total. The van der Waals surface area contributed by atoms with Crippen LogP contribution in [0.4, 0.5) is 17.3 Å². The Morgan fingerprint density at radius 1 is 1.55 bits per heavy atom. The Kier molecular flexibility index (Phi) is 3.96. The van der Waals surface area contributed by atoms with Gasteiger partial charge in [-0.1, -0.05) is 0 Å². The molecule has 110 valence electrons. The van der Waals surface area contributed by atoms with E-state index in [1.54, 1.807) is 27.4 Å². The Hall–Kier alpha value is -2.06. The highest BCUT2D eigenvalue weighted by atomic mass is 16.5. The first-order valence-corrected chi connectivity index (χ1v) is 6.28. The van der Waals surface area contributed by atoms with Crippen LogP contribution in [-0.2, 0) is 4.79 Å². The Labute approximate surface area is 116 Å². The maximum absolute atomic E-state index is 11.7. The molecule has 1 aliphatic rings. The number of hydroxylamine groups is 1. The number of nitrogens with two attached hydrogens (primary N) is 1. The highest BCUT2D eigenvalue weighted by molar-refractivity contribution is 5.85. The topological polar surface area (TPSA) is 115 Å². The molecule has 0 aromatic carbocycles. The van der Waals surface area contributed by atoms with E-state index in [1.165, 1.54) is 0 Å². The van der Waals surface area contributed by atoms with Crippen molar-refractivity contribution in [2.75, 3.05) is 36.2 Å². The van der Waals surface area contributed by atoms with Crippen molar-refractivity contribution in [1.82, 2.24) is 10.5 Å². The van der Waals surface area contributed by atoms with Crippen LogP contribution >= 0.6 is 0 Å². The van der Waals surface area contributed by atoms with Crippen LogP contribution in [0.5, 0.6) is 0 Å². The standard InChI is InChI=1S/C12H19N5O3/c1-16(2)11-7(13)3-4-9(14-11)17-6-5-8(18)10(17)12(19)15-20/h3-4,8,10,18,20H,5-6,13H2,1-2H3,(H,15,19). The molecule has 1 saturated heterocycles. The minimum atomic E-state index is -0.855. The zero-order valence-corrected chi connectivity index (χ0v) is 11.4. The van der Waals surface area contributed by atoms with Crippen molar-refractivity contribution in [2.45, 2.75) is 18.6 Å². The summed E-state index contributed by atoms with van der Waals surface area (Å²) in [6.07, 6.45) is -0.411. The van der Waals surface area contributed by atoms with Crippen molar-refractivity contribution in [3.05, 3.63) is 12.1 Å². The Balaban J connectivity index is 2.35. The van der Waals surface area contributed by atoms with E-state index in [1.807, 2.05) is 14.1 Å². The van der Waals surface area contributed by atoms with Crippen molar-refractivity contribution in [3.63, 3.8) is 0 Å². The summed E-state index contributed by atoms with van der Waals surface area (Å²) in [5, 5.41) is 18.7. The molecule has 2 atom stereocenters. The molecule has 20 heavy (non-hydrogen) atoms. The fourth-order valence-electron chi connectivity index (χ4n) is 2.38. The molecule has 0 spiro atoms. The van der Waals surface area contributed by atoms with E-state index in [2.05, 4.69) is 4.98 Å². The highest BCUT2D eigenvalue weighted by Crippen LogP contribution is 2.28. The molecule has 0 saturated carbocycles. The lowest BCUT2D eigenvalue weighted by Crippen LogP contribution is -2.47. The number of hydrogen-bond donors (Lipinski definition) is 4. The van der Waals surface area contributed by atoms with E-state index in [-0.39, 0.29) is 0 Å². The molecule has 1 aromatic heterocycles. The van der Waals surface area contributed by atoms with Gasteiger partial charge in [-0.05, 0) is 18.6 Å². The van der Waals surface area contributed by atoms with Crippen molar-refractivity contribution in [2.24, 2.45) is 0 Å². The van der Waals surface area contributed by atoms with Gasteiger partial charge in [0.25, 0.3) is 5.91 Å². The summed E-state index contributed by atoms with van der Waals surface area (Å²) < 4.78 is 0. The van der Waals surface area contributed by atoms with Gasteiger partial charge in [-0.15, -0.1) is 0 Å². The van der Waals surface area contributed by atoms with Gasteiger partial charge in [0, 0.05) is 20.6 Å². The molecular weight excluding hydrogens is 262 g/mol. The van der Waals surface area contributed by atoms with Crippen LogP contribution in [0, 0.1) is 0 Å². The molecule has 8 heteroatoms. The van der Waals surface area contributed by atoms with E-state index < -0.39 is 18.1 Å². The van der Waals surface area contributed by atoms with E-state index in [0.29, 0.717) is 30.3 Å². The molecule has 0 bridgehead atoms. The van der Waals surface area contributed by atoms with Gasteiger partial charge < -0.3 is 20.6 Å². The number of hydrogen-bond acceptors (Lipinski definition) is 7. The van der Waals surface area contributed by atoms with Crippen LogP contribution in [0.3, 0.4) is 0 Å². The SMILES string of the molecule is CN(C)c1nc(N2CCC(O)C2C(=O)NO)ccc1N. The number of nitrogen functional groups attached to an aromatic ring is 1. The Morgan fingerprint density at radius 3 is 2.85 bits per heavy atom. The van der Waals surface area contributed by atoms with Gasteiger partial charge >= 0.3 is 0 Å². The average molecular weight is 281 g/mol. The van der Waals surface area contributed by atoms with Gasteiger partial charge in [0.1, 0.15) is 11.9 Å². The van der Waals surface area contributed by atoms with Gasteiger partial charge in [-0.2, -0.15) is 0 Å². The summed E-state index contributed by atoms with van der Waals surface area (Å²) in [6.45, 7) is 0.475. The fraction of sp³-hybridized carbons (Fsp3) is 0.500. The summed E-state index contributed by atoms with van der Waals surface area (Å²) in [5.74, 6) is 0.472. The number of pyridine rings is 1. The quantitative estimate of drug-likeness (QED) is 0.422. The largest absolute Gasteiger partial charge is 0.396 e. The molecule has 2 heterocycles. The summed E-state index contributed by atoms with van der Waals surface area (Å²) in [7, 11) is 3.64. The Morgan fingerprint density at radius 2 is 2.25 bits per heavy atom.